The molecule has 1 N–H and O–H groups in total. The molecule has 162 valence electrons. The normalized spacial score (nSPS) is 21.1. The third kappa shape index (κ3) is 5.55. The first-order chi connectivity index (χ1) is 15.1. The highest BCUT2D eigenvalue weighted by Crippen LogP contribution is 2.32. The third-order valence-electron chi connectivity index (χ3n) is 6.42. The molecule has 0 heterocycles. The fourth-order valence-electron chi connectivity index (χ4n) is 4.76. The summed E-state index contributed by atoms with van der Waals surface area (Å²) in [5.41, 5.74) is 3.63. The average molecular weight is 435 g/mol. The summed E-state index contributed by atoms with van der Waals surface area (Å²) in [7, 11) is 2.12. The van der Waals surface area contributed by atoms with E-state index in [0.29, 0.717) is 0 Å². The number of likely N-dealkylation sites (N-methyl/N-ethyl adjacent to an activating group) is 1. The molecule has 0 bridgehead atoms. The summed E-state index contributed by atoms with van der Waals surface area (Å²) in [6.45, 7) is 2.37. The topological polar surface area (TPSA) is 26.7 Å². The van der Waals surface area contributed by atoms with Gasteiger partial charge in [0.05, 0.1) is 6.10 Å². The van der Waals surface area contributed by atoms with Gasteiger partial charge < -0.3 is 5.11 Å². The van der Waals surface area contributed by atoms with Gasteiger partial charge in [-0.05, 0) is 42.6 Å². The second-order valence-electron chi connectivity index (χ2n) is 8.59. The van der Waals surface area contributed by atoms with Crippen molar-refractivity contribution in [1.82, 2.24) is 9.80 Å². The van der Waals surface area contributed by atoms with Gasteiger partial charge in [-0.1, -0.05) is 90.5 Å². The van der Waals surface area contributed by atoms with E-state index in [4.69, 9.17) is 11.6 Å². The lowest BCUT2D eigenvalue weighted by molar-refractivity contribution is 0.0182. The van der Waals surface area contributed by atoms with Crippen LogP contribution in [0.1, 0.15) is 29.5 Å². The Morgan fingerprint density at radius 2 is 1.29 bits per heavy atom. The smallest absolute Gasteiger partial charge is 0.0850 e. The van der Waals surface area contributed by atoms with E-state index in [1.54, 1.807) is 0 Å². The number of rotatable bonds is 8. The van der Waals surface area contributed by atoms with E-state index >= 15 is 0 Å². The first-order valence-corrected chi connectivity index (χ1v) is 11.4. The lowest BCUT2D eigenvalue weighted by Crippen LogP contribution is -2.47. The van der Waals surface area contributed by atoms with Crippen LogP contribution >= 0.6 is 11.6 Å². The number of aliphatic hydroxyl groups excluding tert-OH is 1. The fraction of sp³-hybridized carbons (Fsp3) is 0.333. The van der Waals surface area contributed by atoms with E-state index in [1.807, 2.05) is 30.3 Å². The van der Waals surface area contributed by atoms with Gasteiger partial charge in [0.25, 0.3) is 0 Å². The zero-order chi connectivity index (χ0) is 21.6. The molecule has 1 fully saturated rings. The van der Waals surface area contributed by atoms with Crippen LogP contribution in [0.25, 0.3) is 0 Å². The lowest BCUT2D eigenvalue weighted by Gasteiger charge is -2.34. The Hall–Kier alpha value is -2.17. The van der Waals surface area contributed by atoms with Crippen molar-refractivity contribution in [3.8, 4) is 0 Å². The molecule has 0 amide bonds. The molecule has 0 aliphatic heterocycles. The van der Waals surface area contributed by atoms with Crippen LogP contribution in [0.2, 0.25) is 5.02 Å². The van der Waals surface area contributed by atoms with Crippen LogP contribution in [-0.4, -0.2) is 40.1 Å². The van der Waals surface area contributed by atoms with E-state index in [-0.39, 0.29) is 12.1 Å². The van der Waals surface area contributed by atoms with Crippen molar-refractivity contribution < 1.29 is 5.11 Å². The van der Waals surface area contributed by atoms with Crippen molar-refractivity contribution in [2.45, 2.75) is 50.7 Å². The summed E-state index contributed by atoms with van der Waals surface area (Å²) in [6.07, 6.45) is 1.56. The van der Waals surface area contributed by atoms with Crippen LogP contribution in [0.4, 0.5) is 0 Å². The first kappa shape index (κ1) is 22.0. The lowest BCUT2D eigenvalue weighted by atomic mass is 10.1. The van der Waals surface area contributed by atoms with Crippen LogP contribution in [0.3, 0.4) is 0 Å². The van der Waals surface area contributed by atoms with Crippen molar-refractivity contribution >= 4 is 11.6 Å². The summed E-state index contributed by atoms with van der Waals surface area (Å²) < 4.78 is 0. The van der Waals surface area contributed by atoms with Crippen LogP contribution in [0, 0.1) is 0 Å². The second kappa shape index (κ2) is 10.4. The Morgan fingerprint density at radius 1 is 0.742 bits per heavy atom. The molecule has 0 spiro atoms. The second-order valence-corrected chi connectivity index (χ2v) is 8.99. The summed E-state index contributed by atoms with van der Waals surface area (Å²) >= 11 is 6.49. The SMILES string of the molecule is CN(Cc1ccccc1)[C@H]1CC[C@H](N(Cc2ccccc2)Cc2ccccc2Cl)[C@H]1O. The van der Waals surface area contributed by atoms with Crippen LogP contribution in [0.15, 0.2) is 84.9 Å². The highest BCUT2D eigenvalue weighted by molar-refractivity contribution is 6.31. The van der Waals surface area contributed by atoms with E-state index < -0.39 is 6.10 Å². The predicted octanol–water partition coefficient (Wildman–Crippen LogP) is 5.37. The van der Waals surface area contributed by atoms with Crippen LogP contribution in [0.5, 0.6) is 0 Å². The van der Waals surface area contributed by atoms with Gasteiger partial charge in [0, 0.05) is 36.7 Å². The number of hydrogen-bond acceptors (Lipinski definition) is 3. The molecule has 1 aliphatic carbocycles. The largest absolute Gasteiger partial charge is 0.390 e. The van der Waals surface area contributed by atoms with Gasteiger partial charge in [-0.3, -0.25) is 9.80 Å². The Bertz CT molecular complexity index is 950. The average Bonchev–Trinajstić information content (AvgIpc) is 3.17. The van der Waals surface area contributed by atoms with Gasteiger partial charge in [0.15, 0.2) is 0 Å². The van der Waals surface area contributed by atoms with E-state index in [0.717, 1.165) is 43.1 Å². The molecule has 1 aliphatic rings. The first-order valence-electron chi connectivity index (χ1n) is 11.1. The molecule has 1 saturated carbocycles. The zero-order valence-corrected chi connectivity index (χ0v) is 18.8. The van der Waals surface area contributed by atoms with Gasteiger partial charge in [-0.15, -0.1) is 0 Å². The minimum absolute atomic E-state index is 0.0969. The van der Waals surface area contributed by atoms with Gasteiger partial charge in [0.1, 0.15) is 0 Å². The summed E-state index contributed by atoms with van der Waals surface area (Å²) in [5, 5.41) is 12.2. The minimum Gasteiger partial charge on any atom is -0.390 e. The summed E-state index contributed by atoms with van der Waals surface area (Å²) in [6, 6.07) is 29.2. The zero-order valence-electron chi connectivity index (χ0n) is 18.1. The van der Waals surface area contributed by atoms with Crippen molar-refractivity contribution in [3.05, 3.63) is 107 Å². The van der Waals surface area contributed by atoms with Gasteiger partial charge in [-0.2, -0.15) is 0 Å². The van der Waals surface area contributed by atoms with Crippen LogP contribution in [-0.2, 0) is 19.6 Å². The molecular formula is C27H31ClN2O. The number of nitrogens with zero attached hydrogens (tertiary/aromatic N) is 2. The van der Waals surface area contributed by atoms with Crippen molar-refractivity contribution in [3.63, 3.8) is 0 Å². The highest BCUT2D eigenvalue weighted by atomic mass is 35.5. The van der Waals surface area contributed by atoms with Crippen molar-refractivity contribution in [1.29, 1.82) is 0 Å². The third-order valence-corrected chi connectivity index (χ3v) is 6.79. The summed E-state index contributed by atoms with van der Waals surface area (Å²) in [5.74, 6) is 0. The Kier molecular flexibility index (Phi) is 7.41. The maximum Gasteiger partial charge on any atom is 0.0850 e. The minimum atomic E-state index is -0.403. The quantitative estimate of drug-likeness (QED) is 0.516. The van der Waals surface area contributed by atoms with E-state index in [1.165, 1.54) is 11.1 Å². The van der Waals surface area contributed by atoms with Gasteiger partial charge in [-0.25, -0.2) is 0 Å². The molecule has 3 aromatic carbocycles. The Balaban J connectivity index is 1.51. The predicted molar refractivity (Wildman–Crippen MR) is 128 cm³/mol. The molecule has 0 radical (unpaired) electrons. The standard InChI is InChI=1S/C27H31ClN2O/c1-29(18-21-10-4-2-5-11-21)25-16-17-26(27(25)31)30(19-22-12-6-3-7-13-22)20-23-14-8-9-15-24(23)28/h2-15,25-27,31H,16-20H2,1H3/t25-,26-,27-/m0/s1. The van der Waals surface area contributed by atoms with E-state index in [9.17, 15) is 5.11 Å². The molecule has 3 aromatic rings. The molecule has 0 saturated heterocycles. The fourth-order valence-corrected chi connectivity index (χ4v) is 4.96. The summed E-state index contributed by atoms with van der Waals surface area (Å²) in [4.78, 5) is 4.70. The highest BCUT2D eigenvalue weighted by Gasteiger charge is 2.40. The molecule has 0 aromatic heterocycles. The monoisotopic (exact) mass is 434 g/mol. The number of halogens is 1. The number of aliphatic hydroxyl groups is 1. The Labute approximate surface area is 190 Å². The molecule has 4 rings (SSSR count). The molecule has 4 heteroatoms. The number of hydrogen-bond donors (Lipinski definition) is 1. The van der Waals surface area contributed by atoms with Gasteiger partial charge >= 0.3 is 0 Å². The van der Waals surface area contributed by atoms with Crippen molar-refractivity contribution in [2.75, 3.05) is 7.05 Å². The van der Waals surface area contributed by atoms with Crippen molar-refractivity contribution in [2.24, 2.45) is 0 Å². The number of benzene rings is 3. The maximum absolute atomic E-state index is 11.4. The molecular weight excluding hydrogens is 404 g/mol. The van der Waals surface area contributed by atoms with Gasteiger partial charge in [0.2, 0.25) is 0 Å². The molecule has 3 atom stereocenters. The Morgan fingerprint density at radius 3 is 1.94 bits per heavy atom. The molecule has 31 heavy (non-hydrogen) atoms. The molecule has 3 nitrogen and oxygen atoms in total. The maximum atomic E-state index is 11.4. The van der Waals surface area contributed by atoms with E-state index in [2.05, 4.69) is 71.4 Å². The van der Waals surface area contributed by atoms with Crippen LogP contribution < -0.4 is 0 Å². The molecule has 0 unspecified atom stereocenters.